The molecule has 0 aliphatic rings. The number of benzene rings is 2. The molecule has 1 heterocycles. The monoisotopic (exact) mass is 447 g/mol. The molecule has 3 rings (SSSR count). The van der Waals surface area contributed by atoms with Gasteiger partial charge in [0.2, 0.25) is 5.88 Å². The molecule has 0 bridgehead atoms. The zero-order valence-electron chi connectivity index (χ0n) is 15.6. The number of carbonyl (C=O) groups excluding carboxylic acids is 1. The third kappa shape index (κ3) is 4.47. The zero-order chi connectivity index (χ0) is 21.8. The molecule has 2 N–H and O–H groups in total. The molecule has 0 aliphatic heterocycles. The third-order valence-corrected chi connectivity index (χ3v) is 4.58. The molecule has 0 radical (unpaired) electrons. The smallest absolute Gasteiger partial charge is 0.338 e. The Bertz CT molecular complexity index is 1250. The molecule has 0 amide bonds. The summed E-state index contributed by atoms with van der Waals surface area (Å²) in [5.41, 5.74) is 0.222. The minimum Gasteiger partial charge on any atom is -0.494 e. The maximum absolute atomic E-state index is 13.5. The number of halogens is 2. The highest BCUT2D eigenvalue weighted by Gasteiger charge is 2.14. The van der Waals surface area contributed by atoms with Crippen LogP contribution in [0.15, 0.2) is 52.3 Å². The summed E-state index contributed by atoms with van der Waals surface area (Å²) in [6, 6.07) is 9.91. The first-order chi connectivity index (χ1) is 14.3. The number of carbonyl (C=O) groups is 1. The van der Waals surface area contributed by atoms with Crippen LogP contribution in [0.25, 0.3) is 5.69 Å². The molecule has 0 fully saturated rings. The Balaban J connectivity index is 1.98. The molecule has 3 aromatic rings. The van der Waals surface area contributed by atoms with E-state index >= 15 is 0 Å². The molecule has 0 aliphatic carbocycles. The Morgan fingerprint density at radius 2 is 2.03 bits per heavy atom. The molecule has 0 atom stereocenters. The van der Waals surface area contributed by atoms with Gasteiger partial charge in [-0.15, -0.1) is 0 Å². The van der Waals surface area contributed by atoms with Crippen molar-refractivity contribution in [3.05, 3.63) is 79.6 Å². The Morgan fingerprint density at radius 1 is 1.33 bits per heavy atom. The van der Waals surface area contributed by atoms with Crippen molar-refractivity contribution in [3.63, 3.8) is 0 Å². The van der Waals surface area contributed by atoms with Crippen molar-refractivity contribution in [1.29, 1.82) is 0 Å². The second-order valence-corrected chi connectivity index (χ2v) is 6.75. The van der Waals surface area contributed by atoms with Crippen molar-refractivity contribution in [2.45, 2.75) is 6.92 Å². The van der Waals surface area contributed by atoms with E-state index in [2.05, 4.69) is 9.98 Å². The Kier molecular flexibility index (Phi) is 6.43. The Labute approximate surface area is 180 Å². The average Bonchev–Trinajstić information content (AvgIpc) is 2.71. The fourth-order valence-corrected chi connectivity index (χ4v) is 3.02. The van der Waals surface area contributed by atoms with E-state index in [0.29, 0.717) is 11.3 Å². The number of rotatable bonds is 5. The minimum absolute atomic E-state index is 0.101. The number of H-pyrrole nitrogens is 1. The molecule has 0 spiro atoms. The molecule has 2 aromatic carbocycles. The van der Waals surface area contributed by atoms with E-state index < -0.39 is 23.2 Å². The molecule has 7 nitrogen and oxygen atoms in total. The van der Waals surface area contributed by atoms with Crippen LogP contribution in [0, 0.1) is 10.6 Å². The summed E-state index contributed by atoms with van der Waals surface area (Å²) in [6.07, 6.45) is 1.16. The number of hydrogen-bond acceptors (Lipinski definition) is 6. The highest BCUT2D eigenvalue weighted by molar-refractivity contribution is 7.71. The van der Waals surface area contributed by atoms with Gasteiger partial charge in [0.05, 0.1) is 28.6 Å². The first-order valence-electron chi connectivity index (χ1n) is 8.66. The first-order valence-corrected chi connectivity index (χ1v) is 9.45. The van der Waals surface area contributed by atoms with E-state index in [1.54, 1.807) is 19.1 Å². The zero-order valence-corrected chi connectivity index (χ0v) is 17.1. The maximum atomic E-state index is 13.5. The van der Waals surface area contributed by atoms with Crippen LogP contribution >= 0.6 is 23.8 Å². The Hall–Kier alpha value is -3.30. The van der Waals surface area contributed by atoms with Crippen LogP contribution in [0.4, 0.5) is 10.1 Å². The molecule has 1 aromatic heterocycles. The van der Waals surface area contributed by atoms with Gasteiger partial charge in [-0.1, -0.05) is 11.6 Å². The molecular weight excluding hydrogens is 433 g/mol. The number of aromatic amines is 1. The number of ether oxygens (including phenoxy) is 1. The lowest BCUT2D eigenvalue weighted by molar-refractivity contribution is 0.0526. The molecule has 10 heteroatoms. The molecule has 30 heavy (non-hydrogen) atoms. The summed E-state index contributed by atoms with van der Waals surface area (Å²) >= 11 is 10.9. The summed E-state index contributed by atoms with van der Waals surface area (Å²) in [6.45, 7) is 1.97. The van der Waals surface area contributed by atoms with Gasteiger partial charge in [0.25, 0.3) is 5.56 Å². The average molecular weight is 448 g/mol. The number of esters is 1. The second kappa shape index (κ2) is 9.02. The summed E-state index contributed by atoms with van der Waals surface area (Å²) in [7, 11) is 0. The van der Waals surface area contributed by atoms with Gasteiger partial charge >= 0.3 is 5.97 Å². The highest BCUT2D eigenvalue weighted by atomic mass is 35.5. The number of aromatic hydroxyl groups is 1. The highest BCUT2D eigenvalue weighted by Crippen LogP contribution is 2.24. The van der Waals surface area contributed by atoms with Crippen molar-refractivity contribution >= 4 is 41.7 Å². The van der Waals surface area contributed by atoms with Crippen molar-refractivity contribution < 1.29 is 19.0 Å². The molecule has 154 valence electrons. The summed E-state index contributed by atoms with van der Waals surface area (Å²) in [5.74, 6) is -1.58. The summed E-state index contributed by atoms with van der Waals surface area (Å²) in [4.78, 5) is 30.5. The lowest BCUT2D eigenvalue weighted by atomic mass is 10.2. The minimum atomic E-state index is -0.658. The predicted molar refractivity (Wildman–Crippen MR) is 114 cm³/mol. The lowest BCUT2D eigenvalue weighted by Crippen LogP contribution is -2.18. The van der Waals surface area contributed by atoms with E-state index in [0.717, 1.165) is 16.8 Å². The standard InChI is InChI=1S/C20H15ClFN3O4S/c1-2-29-19(28)11-3-5-12(6-4-11)23-10-14-17(26)24-20(30)25(18(14)27)13-7-8-16(22)15(21)9-13/h3-10,27H,2H2,1H3,(H,24,26,30). The van der Waals surface area contributed by atoms with Crippen molar-refractivity contribution in [2.24, 2.45) is 4.99 Å². The van der Waals surface area contributed by atoms with Crippen LogP contribution < -0.4 is 5.56 Å². The van der Waals surface area contributed by atoms with Crippen LogP contribution in [-0.4, -0.2) is 33.4 Å². The SMILES string of the molecule is CCOC(=O)c1ccc(N=Cc2c(O)n(-c3ccc(F)c(Cl)c3)c(=S)[nH]c2=O)cc1. The number of aromatic nitrogens is 2. The van der Waals surface area contributed by atoms with Gasteiger partial charge in [-0.2, -0.15) is 0 Å². The van der Waals surface area contributed by atoms with Crippen LogP contribution in [-0.2, 0) is 4.74 Å². The predicted octanol–water partition coefficient (Wildman–Crippen LogP) is 4.32. The maximum Gasteiger partial charge on any atom is 0.338 e. The van der Waals surface area contributed by atoms with Gasteiger partial charge < -0.3 is 9.84 Å². The number of nitrogens with one attached hydrogen (secondary N) is 1. The van der Waals surface area contributed by atoms with E-state index in [-0.39, 0.29) is 27.7 Å². The van der Waals surface area contributed by atoms with Gasteiger partial charge in [0.15, 0.2) is 4.77 Å². The van der Waals surface area contributed by atoms with Crippen LogP contribution in [0.1, 0.15) is 22.8 Å². The van der Waals surface area contributed by atoms with Gasteiger partial charge in [0, 0.05) is 6.21 Å². The largest absolute Gasteiger partial charge is 0.494 e. The topological polar surface area (TPSA) is 96.7 Å². The fraction of sp³-hybridized carbons (Fsp3) is 0.100. The second-order valence-electron chi connectivity index (χ2n) is 5.96. The van der Waals surface area contributed by atoms with Gasteiger partial charge in [-0.25, -0.2) is 9.18 Å². The number of nitrogens with zero attached hydrogens (tertiary/aromatic N) is 2. The lowest BCUT2D eigenvalue weighted by Gasteiger charge is -2.11. The van der Waals surface area contributed by atoms with E-state index in [4.69, 9.17) is 28.6 Å². The molecule has 0 saturated heterocycles. The summed E-state index contributed by atoms with van der Waals surface area (Å²) in [5, 5.41) is 10.4. The quantitative estimate of drug-likeness (QED) is 0.345. The molecule has 0 saturated carbocycles. The van der Waals surface area contributed by atoms with Gasteiger partial charge in [-0.05, 0) is 61.6 Å². The normalized spacial score (nSPS) is 11.0. The van der Waals surface area contributed by atoms with Gasteiger partial charge in [0.1, 0.15) is 11.4 Å². The van der Waals surface area contributed by atoms with E-state index in [1.165, 1.54) is 24.3 Å². The number of aliphatic imine (C=N–C) groups is 1. The van der Waals surface area contributed by atoms with E-state index in [9.17, 15) is 19.1 Å². The van der Waals surface area contributed by atoms with Crippen molar-refractivity contribution in [1.82, 2.24) is 9.55 Å². The molecule has 0 unspecified atom stereocenters. The third-order valence-electron chi connectivity index (χ3n) is 4.00. The van der Waals surface area contributed by atoms with Crippen molar-refractivity contribution in [2.75, 3.05) is 6.61 Å². The van der Waals surface area contributed by atoms with Crippen LogP contribution in [0.2, 0.25) is 5.02 Å². The number of hydrogen-bond donors (Lipinski definition) is 2. The van der Waals surface area contributed by atoms with E-state index in [1.807, 2.05) is 0 Å². The first kappa shape index (κ1) is 21.4. The van der Waals surface area contributed by atoms with Crippen LogP contribution in [0.3, 0.4) is 0 Å². The van der Waals surface area contributed by atoms with Crippen molar-refractivity contribution in [3.8, 4) is 11.6 Å². The Morgan fingerprint density at radius 3 is 2.67 bits per heavy atom. The molecular formula is C20H15ClFN3O4S. The fourth-order valence-electron chi connectivity index (χ4n) is 2.56. The summed E-state index contributed by atoms with van der Waals surface area (Å²) < 4.78 is 19.4. The van der Waals surface area contributed by atoms with Crippen LogP contribution in [0.5, 0.6) is 5.88 Å². The van der Waals surface area contributed by atoms with Gasteiger partial charge in [-0.3, -0.25) is 19.3 Å².